The maximum Gasteiger partial charge on any atom is 0.350 e. The molecule has 2 aromatic carbocycles. The minimum Gasteiger partial charge on any atom is -0.507 e. The Morgan fingerprint density at radius 2 is 1.92 bits per heavy atom. The Bertz CT molecular complexity index is 1450. The van der Waals surface area contributed by atoms with Gasteiger partial charge in [0.1, 0.15) is 23.0 Å². The first-order chi connectivity index (χ1) is 18.7. The number of ether oxygens (including phenoxy) is 2. The van der Waals surface area contributed by atoms with Gasteiger partial charge in [-0.25, -0.2) is 9.78 Å². The van der Waals surface area contributed by atoms with E-state index in [0.29, 0.717) is 29.2 Å². The highest BCUT2D eigenvalue weighted by Gasteiger charge is 2.48. The minimum absolute atomic E-state index is 0.0268. The van der Waals surface area contributed by atoms with Gasteiger partial charge in [-0.3, -0.25) is 14.5 Å². The van der Waals surface area contributed by atoms with Crippen molar-refractivity contribution in [3.05, 3.63) is 94.0 Å². The molecule has 0 aliphatic carbocycles. The molecule has 1 aromatic heterocycles. The molecule has 1 saturated heterocycles. The van der Waals surface area contributed by atoms with Crippen molar-refractivity contribution in [1.29, 1.82) is 0 Å². The van der Waals surface area contributed by atoms with Crippen LogP contribution in [0.1, 0.15) is 64.8 Å². The van der Waals surface area contributed by atoms with E-state index in [2.05, 4.69) is 25.4 Å². The molecule has 1 aliphatic rings. The Morgan fingerprint density at radius 3 is 2.56 bits per heavy atom. The summed E-state index contributed by atoms with van der Waals surface area (Å²) >= 11 is 0.955. The van der Waals surface area contributed by atoms with E-state index in [-0.39, 0.29) is 33.9 Å². The van der Waals surface area contributed by atoms with Crippen molar-refractivity contribution in [3.63, 3.8) is 0 Å². The van der Waals surface area contributed by atoms with Gasteiger partial charge in [0.25, 0.3) is 5.78 Å². The lowest BCUT2D eigenvalue weighted by molar-refractivity contribution is -0.132. The largest absolute Gasteiger partial charge is 0.507 e. The smallest absolute Gasteiger partial charge is 0.350 e. The van der Waals surface area contributed by atoms with Gasteiger partial charge in [0.05, 0.1) is 23.9 Å². The van der Waals surface area contributed by atoms with Crippen LogP contribution in [-0.4, -0.2) is 41.0 Å². The van der Waals surface area contributed by atoms with Crippen LogP contribution in [0.25, 0.3) is 5.76 Å². The topological polar surface area (TPSA) is 106 Å². The van der Waals surface area contributed by atoms with E-state index in [1.165, 1.54) is 11.0 Å². The van der Waals surface area contributed by atoms with Crippen LogP contribution in [0.3, 0.4) is 0 Å². The van der Waals surface area contributed by atoms with E-state index >= 15 is 0 Å². The number of benzene rings is 2. The number of aromatic nitrogens is 1. The van der Waals surface area contributed by atoms with Crippen molar-refractivity contribution in [2.75, 3.05) is 18.1 Å². The van der Waals surface area contributed by atoms with Gasteiger partial charge in [-0.1, -0.05) is 74.2 Å². The summed E-state index contributed by atoms with van der Waals surface area (Å²) in [7, 11) is 0. The molecule has 9 heteroatoms. The number of esters is 1. The van der Waals surface area contributed by atoms with Crippen LogP contribution < -0.4 is 9.64 Å². The van der Waals surface area contributed by atoms with Gasteiger partial charge in [-0.2, -0.15) is 0 Å². The summed E-state index contributed by atoms with van der Waals surface area (Å²) < 4.78 is 10.7. The standard InChI is InChI=1S/C30H30N2O6S/c1-6-15-38-29(36)27-18(5)31-30(39-27)32-24(20-13-11-19(12-14-20)17(3)4)23(26(34)28(32)35)25(33)21-9-8-10-22(16-21)37-7-2/h6,8-14,16-17,24,33H,1,7,15H2,2-5H3/b25-23+. The number of aryl methyl sites for hydroxylation is 1. The van der Waals surface area contributed by atoms with Gasteiger partial charge in [0.15, 0.2) is 5.13 Å². The van der Waals surface area contributed by atoms with E-state index in [9.17, 15) is 19.5 Å². The van der Waals surface area contributed by atoms with E-state index in [1.807, 2.05) is 31.2 Å². The molecule has 3 aromatic rings. The molecule has 1 N–H and O–H groups in total. The van der Waals surface area contributed by atoms with Crippen LogP contribution in [0.15, 0.2) is 66.8 Å². The zero-order valence-electron chi connectivity index (χ0n) is 22.3. The van der Waals surface area contributed by atoms with Crippen molar-refractivity contribution in [3.8, 4) is 5.75 Å². The summed E-state index contributed by atoms with van der Waals surface area (Å²) in [6.07, 6.45) is 1.45. The minimum atomic E-state index is -0.968. The Morgan fingerprint density at radius 1 is 1.21 bits per heavy atom. The maximum absolute atomic E-state index is 13.5. The third-order valence-corrected chi connectivity index (χ3v) is 7.43. The number of Topliss-reactive ketones (excluding diaryl/α,β-unsaturated/α-hetero) is 1. The number of nitrogens with zero attached hydrogens (tertiary/aromatic N) is 2. The molecule has 0 bridgehead atoms. The Kier molecular flexibility index (Phi) is 8.30. The van der Waals surface area contributed by atoms with Gasteiger partial charge in [0.2, 0.25) is 0 Å². The second-order valence-corrected chi connectivity index (χ2v) is 10.2. The highest BCUT2D eigenvalue weighted by Crippen LogP contribution is 2.44. The fourth-order valence-corrected chi connectivity index (χ4v) is 5.33. The van der Waals surface area contributed by atoms with Gasteiger partial charge < -0.3 is 14.6 Å². The number of rotatable bonds is 9. The summed E-state index contributed by atoms with van der Waals surface area (Å²) in [5.74, 6) is -1.83. The highest BCUT2D eigenvalue weighted by atomic mass is 32.1. The third kappa shape index (κ3) is 5.49. The molecule has 2 heterocycles. The molecule has 0 radical (unpaired) electrons. The Labute approximate surface area is 231 Å². The highest BCUT2D eigenvalue weighted by molar-refractivity contribution is 7.17. The first kappa shape index (κ1) is 27.8. The predicted octanol–water partition coefficient (Wildman–Crippen LogP) is 5.94. The second-order valence-electron chi connectivity index (χ2n) is 9.25. The summed E-state index contributed by atoms with van der Waals surface area (Å²) in [5, 5.41) is 11.6. The zero-order chi connectivity index (χ0) is 28.3. The Hall–Kier alpha value is -4.24. The molecule has 4 rings (SSSR count). The van der Waals surface area contributed by atoms with E-state index in [4.69, 9.17) is 9.47 Å². The summed E-state index contributed by atoms with van der Waals surface area (Å²) in [5.41, 5.74) is 2.33. The maximum atomic E-state index is 13.5. The fraction of sp³-hybridized carbons (Fsp3) is 0.267. The summed E-state index contributed by atoms with van der Waals surface area (Å²) in [6.45, 7) is 11.6. The molecule has 39 heavy (non-hydrogen) atoms. The summed E-state index contributed by atoms with van der Waals surface area (Å²) in [4.78, 5) is 45.4. The number of aliphatic hydroxyl groups excluding tert-OH is 1. The van der Waals surface area contributed by atoms with Crippen molar-refractivity contribution in [2.24, 2.45) is 0 Å². The number of carbonyl (C=O) groups is 3. The number of amides is 1. The SMILES string of the molecule is C=CCOC(=O)c1sc(N2C(=O)C(=O)/C(=C(/O)c3cccc(OCC)c3)C2c2ccc(C(C)C)cc2)nc1C. The van der Waals surface area contributed by atoms with E-state index < -0.39 is 23.7 Å². The number of carbonyl (C=O) groups excluding carboxylic acids is 3. The Balaban J connectivity index is 1.88. The van der Waals surface area contributed by atoms with Crippen LogP contribution in [-0.2, 0) is 14.3 Å². The van der Waals surface area contributed by atoms with E-state index in [1.54, 1.807) is 31.2 Å². The second kappa shape index (κ2) is 11.7. The van der Waals surface area contributed by atoms with Gasteiger partial charge in [-0.15, -0.1) is 0 Å². The molecular weight excluding hydrogens is 516 g/mol. The molecule has 1 unspecified atom stereocenters. The normalized spacial score (nSPS) is 16.5. The molecule has 1 fully saturated rings. The molecular formula is C30H30N2O6S. The molecule has 202 valence electrons. The average Bonchev–Trinajstić information content (AvgIpc) is 3.43. The van der Waals surface area contributed by atoms with Gasteiger partial charge >= 0.3 is 11.9 Å². The number of hydrogen-bond acceptors (Lipinski definition) is 8. The predicted molar refractivity (Wildman–Crippen MR) is 150 cm³/mol. The zero-order valence-corrected chi connectivity index (χ0v) is 23.1. The molecule has 1 amide bonds. The number of hydrogen-bond donors (Lipinski definition) is 1. The van der Waals surface area contributed by atoms with Crippen molar-refractivity contribution < 1.29 is 29.0 Å². The number of anilines is 1. The quantitative estimate of drug-likeness (QED) is 0.116. The summed E-state index contributed by atoms with van der Waals surface area (Å²) in [6, 6.07) is 13.3. The van der Waals surface area contributed by atoms with Crippen molar-refractivity contribution in [2.45, 2.75) is 39.7 Å². The lowest BCUT2D eigenvalue weighted by Crippen LogP contribution is -2.29. The van der Waals surface area contributed by atoms with Crippen molar-refractivity contribution >= 4 is 39.9 Å². The lowest BCUT2D eigenvalue weighted by Gasteiger charge is -2.23. The number of aliphatic hydroxyl groups is 1. The average molecular weight is 547 g/mol. The van der Waals surface area contributed by atoms with Crippen molar-refractivity contribution in [1.82, 2.24) is 4.98 Å². The van der Waals surface area contributed by atoms with Crippen LogP contribution in [0, 0.1) is 6.92 Å². The molecule has 8 nitrogen and oxygen atoms in total. The first-order valence-electron chi connectivity index (χ1n) is 12.6. The van der Waals surface area contributed by atoms with Crippen LogP contribution in [0.2, 0.25) is 0 Å². The monoisotopic (exact) mass is 546 g/mol. The third-order valence-electron chi connectivity index (χ3n) is 6.29. The van der Waals surface area contributed by atoms with Crippen LogP contribution in [0.4, 0.5) is 5.13 Å². The lowest BCUT2D eigenvalue weighted by atomic mass is 9.93. The molecule has 1 atom stereocenters. The van der Waals surface area contributed by atoms with Crippen LogP contribution >= 0.6 is 11.3 Å². The van der Waals surface area contributed by atoms with Crippen LogP contribution in [0.5, 0.6) is 5.75 Å². The first-order valence-corrected chi connectivity index (χ1v) is 13.4. The molecule has 1 aliphatic heterocycles. The fourth-order valence-electron chi connectivity index (χ4n) is 4.34. The number of thiazole rings is 1. The van der Waals surface area contributed by atoms with Gasteiger partial charge in [-0.05, 0) is 43.0 Å². The van der Waals surface area contributed by atoms with Gasteiger partial charge in [0, 0.05) is 5.56 Å². The molecule has 0 saturated carbocycles. The van der Waals surface area contributed by atoms with E-state index in [0.717, 1.165) is 16.9 Å². The molecule has 0 spiro atoms. The number of ketones is 1.